The molecule has 9 heteroatoms. The second kappa shape index (κ2) is 6.69. The first-order valence-corrected chi connectivity index (χ1v) is 7.89. The molecule has 1 aliphatic rings. The molecule has 0 spiro atoms. The third-order valence-electron chi connectivity index (χ3n) is 2.64. The highest BCUT2D eigenvalue weighted by molar-refractivity contribution is 9.10. The number of hydrogen-bond donors (Lipinski definition) is 1. The van der Waals surface area contributed by atoms with E-state index in [0.717, 1.165) is 12.1 Å². The van der Waals surface area contributed by atoms with Crippen molar-refractivity contribution in [2.45, 2.75) is 4.90 Å². The maximum atomic E-state index is 13.1. The highest BCUT2D eigenvalue weighted by atomic mass is 79.9. The zero-order valence-electron chi connectivity index (χ0n) is 9.70. The SMILES string of the molecule is Cl.O=S(=O)(c1c(Cl)cc(F)cc1Br)N1CCNCC1. The second-order valence-electron chi connectivity index (χ2n) is 3.85. The first-order valence-electron chi connectivity index (χ1n) is 5.28. The van der Waals surface area contributed by atoms with Gasteiger partial charge in [0.25, 0.3) is 0 Å². The predicted octanol–water partition coefficient (Wildman–Crippen LogP) is 2.26. The van der Waals surface area contributed by atoms with E-state index < -0.39 is 15.8 Å². The number of nitrogens with zero attached hydrogens (tertiary/aromatic N) is 1. The van der Waals surface area contributed by atoms with Crippen molar-refractivity contribution in [3.05, 3.63) is 27.4 Å². The van der Waals surface area contributed by atoms with Crippen LogP contribution < -0.4 is 5.32 Å². The Bertz CT molecular complexity index is 542. The lowest BCUT2D eigenvalue weighted by Crippen LogP contribution is -2.46. The van der Waals surface area contributed by atoms with Crippen LogP contribution in [0.5, 0.6) is 0 Å². The summed E-state index contributed by atoms with van der Waals surface area (Å²) in [5.41, 5.74) is 0. The largest absolute Gasteiger partial charge is 0.314 e. The lowest BCUT2D eigenvalue weighted by molar-refractivity contribution is 0.360. The van der Waals surface area contributed by atoms with E-state index in [-0.39, 0.29) is 26.8 Å². The standard InChI is InChI=1S/C10H11BrClFN2O2S.ClH/c11-8-5-7(13)6-9(12)10(8)18(16,17)15-3-1-14-2-4-15;/h5-6,14H,1-4H2;1H. The number of halogens is 4. The molecule has 1 aromatic carbocycles. The van der Waals surface area contributed by atoms with Crippen molar-refractivity contribution in [2.24, 2.45) is 0 Å². The highest BCUT2D eigenvalue weighted by Crippen LogP contribution is 2.32. The van der Waals surface area contributed by atoms with Crippen LogP contribution >= 0.6 is 39.9 Å². The van der Waals surface area contributed by atoms with Gasteiger partial charge in [0, 0.05) is 30.7 Å². The molecule has 1 aromatic rings. The van der Waals surface area contributed by atoms with Crippen molar-refractivity contribution in [1.29, 1.82) is 0 Å². The van der Waals surface area contributed by atoms with Crippen LogP contribution in [0.1, 0.15) is 0 Å². The predicted molar refractivity (Wildman–Crippen MR) is 78.0 cm³/mol. The number of rotatable bonds is 2. The Hall–Kier alpha value is 0.0800. The Kier molecular flexibility index (Phi) is 6.03. The molecule has 1 aliphatic heterocycles. The molecular formula is C10H12BrCl2FN2O2S. The Morgan fingerprint density at radius 2 is 1.89 bits per heavy atom. The van der Waals surface area contributed by atoms with E-state index in [4.69, 9.17) is 11.6 Å². The summed E-state index contributed by atoms with van der Waals surface area (Å²) >= 11 is 8.90. The van der Waals surface area contributed by atoms with E-state index in [0.29, 0.717) is 26.2 Å². The minimum Gasteiger partial charge on any atom is -0.314 e. The molecule has 0 bridgehead atoms. The molecule has 4 nitrogen and oxygen atoms in total. The van der Waals surface area contributed by atoms with Crippen LogP contribution in [0, 0.1) is 5.82 Å². The fourth-order valence-electron chi connectivity index (χ4n) is 1.79. The number of piperazine rings is 1. The van der Waals surface area contributed by atoms with Crippen molar-refractivity contribution in [3.63, 3.8) is 0 Å². The molecule has 0 unspecified atom stereocenters. The maximum absolute atomic E-state index is 13.1. The van der Waals surface area contributed by atoms with Gasteiger partial charge in [-0.2, -0.15) is 4.31 Å². The number of sulfonamides is 1. The summed E-state index contributed by atoms with van der Waals surface area (Å²) in [7, 11) is -3.69. The molecule has 2 rings (SSSR count). The lowest BCUT2D eigenvalue weighted by atomic mass is 10.3. The first-order chi connectivity index (χ1) is 8.43. The molecular weight excluding hydrogens is 382 g/mol. The molecule has 0 saturated carbocycles. The van der Waals surface area contributed by atoms with Gasteiger partial charge in [0.15, 0.2) is 0 Å². The van der Waals surface area contributed by atoms with Gasteiger partial charge in [0.1, 0.15) is 10.7 Å². The molecule has 0 aliphatic carbocycles. The summed E-state index contributed by atoms with van der Waals surface area (Å²) in [6.07, 6.45) is 0. The van der Waals surface area contributed by atoms with Crippen molar-refractivity contribution in [2.75, 3.05) is 26.2 Å². The van der Waals surface area contributed by atoms with Crippen LogP contribution in [0.4, 0.5) is 4.39 Å². The van der Waals surface area contributed by atoms with Crippen LogP contribution in [0.3, 0.4) is 0 Å². The van der Waals surface area contributed by atoms with Crippen LogP contribution in [-0.2, 0) is 10.0 Å². The Morgan fingerprint density at radius 1 is 1.32 bits per heavy atom. The van der Waals surface area contributed by atoms with E-state index in [1.54, 1.807) is 0 Å². The van der Waals surface area contributed by atoms with Gasteiger partial charge in [-0.25, -0.2) is 12.8 Å². The summed E-state index contributed by atoms with van der Waals surface area (Å²) in [5.74, 6) is -0.578. The minimum absolute atomic E-state index is 0. The number of benzene rings is 1. The molecule has 1 saturated heterocycles. The third kappa shape index (κ3) is 3.59. The van der Waals surface area contributed by atoms with E-state index >= 15 is 0 Å². The fourth-order valence-corrected chi connectivity index (χ4v) is 4.98. The van der Waals surface area contributed by atoms with Gasteiger partial charge in [-0.3, -0.25) is 0 Å². The van der Waals surface area contributed by atoms with Crippen LogP contribution in [0.2, 0.25) is 5.02 Å². The molecule has 0 atom stereocenters. The van der Waals surface area contributed by atoms with Gasteiger partial charge in [-0.1, -0.05) is 11.6 Å². The van der Waals surface area contributed by atoms with Crippen molar-refractivity contribution in [3.8, 4) is 0 Å². The zero-order chi connectivity index (χ0) is 13.3. The summed E-state index contributed by atoms with van der Waals surface area (Å²) in [6, 6.07) is 2.10. The normalized spacial score (nSPS) is 17.0. The summed E-state index contributed by atoms with van der Waals surface area (Å²) < 4.78 is 39.4. The molecule has 108 valence electrons. The smallest absolute Gasteiger partial charge is 0.245 e. The maximum Gasteiger partial charge on any atom is 0.245 e. The molecule has 0 amide bonds. The third-order valence-corrected chi connectivity index (χ3v) is 5.94. The van der Waals surface area contributed by atoms with Gasteiger partial charge < -0.3 is 5.32 Å². The Labute approximate surface area is 130 Å². The van der Waals surface area contributed by atoms with Gasteiger partial charge >= 0.3 is 0 Å². The average Bonchev–Trinajstić information content (AvgIpc) is 2.28. The number of hydrogen-bond acceptors (Lipinski definition) is 3. The quantitative estimate of drug-likeness (QED) is 0.838. The van der Waals surface area contributed by atoms with Crippen LogP contribution in [-0.4, -0.2) is 38.9 Å². The van der Waals surface area contributed by atoms with Crippen molar-refractivity contribution < 1.29 is 12.8 Å². The monoisotopic (exact) mass is 392 g/mol. The Morgan fingerprint density at radius 3 is 2.42 bits per heavy atom. The molecule has 1 fully saturated rings. The van der Waals surface area contributed by atoms with Gasteiger partial charge in [0.05, 0.1) is 5.02 Å². The van der Waals surface area contributed by atoms with Crippen molar-refractivity contribution >= 4 is 50.0 Å². The van der Waals surface area contributed by atoms with E-state index in [2.05, 4.69) is 21.2 Å². The molecule has 1 heterocycles. The summed E-state index contributed by atoms with van der Waals surface area (Å²) in [4.78, 5) is -0.0764. The van der Waals surface area contributed by atoms with E-state index in [1.165, 1.54) is 4.31 Å². The summed E-state index contributed by atoms with van der Waals surface area (Å²) in [5, 5.41) is 2.96. The van der Waals surface area contributed by atoms with Gasteiger partial charge in [-0.15, -0.1) is 12.4 Å². The zero-order valence-corrected chi connectivity index (χ0v) is 13.7. The molecule has 0 radical (unpaired) electrons. The Balaban J connectivity index is 0.00000180. The second-order valence-corrected chi connectivity index (χ2v) is 6.99. The molecule has 1 N–H and O–H groups in total. The van der Waals surface area contributed by atoms with Gasteiger partial charge in [-0.05, 0) is 28.1 Å². The van der Waals surface area contributed by atoms with Crippen LogP contribution in [0.25, 0.3) is 0 Å². The molecule has 0 aromatic heterocycles. The minimum atomic E-state index is -3.69. The van der Waals surface area contributed by atoms with Gasteiger partial charge in [0.2, 0.25) is 10.0 Å². The highest BCUT2D eigenvalue weighted by Gasteiger charge is 2.30. The van der Waals surface area contributed by atoms with E-state index in [1.807, 2.05) is 0 Å². The average molecular weight is 394 g/mol. The lowest BCUT2D eigenvalue weighted by Gasteiger charge is -2.27. The first kappa shape index (κ1) is 17.1. The number of nitrogens with one attached hydrogen (secondary N) is 1. The molecule has 19 heavy (non-hydrogen) atoms. The van der Waals surface area contributed by atoms with E-state index in [9.17, 15) is 12.8 Å². The van der Waals surface area contributed by atoms with Crippen molar-refractivity contribution in [1.82, 2.24) is 9.62 Å². The fraction of sp³-hybridized carbons (Fsp3) is 0.400. The summed E-state index contributed by atoms with van der Waals surface area (Å²) in [6.45, 7) is 1.94. The van der Waals surface area contributed by atoms with Crippen LogP contribution in [0.15, 0.2) is 21.5 Å². The topological polar surface area (TPSA) is 49.4 Å².